The van der Waals surface area contributed by atoms with Crippen LogP contribution in [0.4, 0.5) is 23.2 Å². The van der Waals surface area contributed by atoms with E-state index in [0.29, 0.717) is 18.2 Å². The molecule has 34 heavy (non-hydrogen) atoms. The average Bonchev–Trinajstić information content (AvgIpc) is 2.91. The summed E-state index contributed by atoms with van der Waals surface area (Å²) >= 11 is 5.91. The number of amides is 1. The van der Waals surface area contributed by atoms with Gasteiger partial charge in [-0.2, -0.15) is 17.5 Å². The van der Waals surface area contributed by atoms with Gasteiger partial charge in [-0.05, 0) is 30.3 Å². The van der Waals surface area contributed by atoms with E-state index in [0.717, 1.165) is 13.2 Å². The molecule has 10 nitrogen and oxygen atoms in total. The largest absolute Gasteiger partial charge is 0.496 e. The normalized spacial score (nSPS) is 20.3. The van der Waals surface area contributed by atoms with Crippen molar-refractivity contribution >= 4 is 38.8 Å². The van der Waals surface area contributed by atoms with Crippen molar-refractivity contribution in [1.82, 2.24) is 0 Å². The second-order valence-electron chi connectivity index (χ2n) is 6.76. The molecule has 17 heteroatoms. The SMILES string of the molecule is COc1ccc(Cl)cc1C1(F)C(=O)N(COP(=O)(O)OP(=O)(O)O)c2cc(C(F)(F)F)ccc21. The van der Waals surface area contributed by atoms with E-state index in [4.69, 9.17) is 26.1 Å². The van der Waals surface area contributed by atoms with E-state index >= 15 is 4.39 Å². The Bertz CT molecular complexity index is 1240. The third-order valence-corrected chi connectivity index (χ3v) is 6.97. The molecule has 0 saturated heterocycles. The van der Waals surface area contributed by atoms with Crippen LogP contribution in [-0.2, 0) is 34.6 Å². The summed E-state index contributed by atoms with van der Waals surface area (Å²) in [4.78, 5) is 40.2. The third-order valence-electron chi connectivity index (χ3n) is 4.62. The molecule has 1 aliphatic heterocycles. The lowest BCUT2D eigenvalue weighted by molar-refractivity contribution is -0.137. The number of rotatable bonds is 7. The fourth-order valence-electron chi connectivity index (χ4n) is 3.26. The first-order valence-corrected chi connectivity index (χ1v) is 12.2. The van der Waals surface area contributed by atoms with Crippen molar-refractivity contribution in [2.45, 2.75) is 11.8 Å². The summed E-state index contributed by atoms with van der Waals surface area (Å²) in [6.45, 7) is -1.41. The van der Waals surface area contributed by atoms with E-state index in [1.165, 1.54) is 12.1 Å². The molecule has 0 aliphatic carbocycles. The number of hydrogen-bond donors (Lipinski definition) is 3. The monoisotopic (exact) mass is 549 g/mol. The van der Waals surface area contributed by atoms with Gasteiger partial charge in [-0.3, -0.25) is 14.2 Å². The third kappa shape index (κ3) is 5.14. The van der Waals surface area contributed by atoms with Crippen LogP contribution < -0.4 is 9.64 Å². The lowest BCUT2D eigenvalue weighted by atomic mass is 9.88. The van der Waals surface area contributed by atoms with Gasteiger partial charge in [0.05, 0.1) is 18.4 Å². The summed E-state index contributed by atoms with van der Waals surface area (Å²) in [5.41, 5.74) is -6.23. The highest BCUT2D eigenvalue weighted by Gasteiger charge is 2.56. The molecule has 0 saturated carbocycles. The van der Waals surface area contributed by atoms with Crippen molar-refractivity contribution < 1.29 is 59.7 Å². The van der Waals surface area contributed by atoms with Gasteiger partial charge in [-0.1, -0.05) is 17.7 Å². The molecule has 186 valence electrons. The lowest BCUT2D eigenvalue weighted by Crippen LogP contribution is -2.39. The second-order valence-corrected chi connectivity index (χ2v) is 10.0. The zero-order chi connectivity index (χ0) is 25.7. The summed E-state index contributed by atoms with van der Waals surface area (Å²) in [7, 11) is -9.93. The molecule has 1 aliphatic rings. The topological polar surface area (TPSA) is 143 Å². The van der Waals surface area contributed by atoms with E-state index in [1.54, 1.807) is 0 Å². The van der Waals surface area contributed by atoms with Crippen LogP contribution in [0.25, 0.3) is 0 Å². The molecule has 2 aromatic rings. The minimum atomic E-state index is -5.55. The number of fused-ring (bicyclic) bond motifs is 1. The Kier molecular flexibility index (Phi) is 6.95. The fraction of sp³-hybridized carbons (Fsp3) is 0.235. The number of carbonyl (C=O) groups excluding carboxylic acids is 1. The highest BCUT2D eigenvalue weighted by molar-refractivity contribution is 7.60. The molecule has 2 unspecified atom stereocenters. The Morgan fingerprint density at radius 2 is 1.74 bits per heavy atom. The van der Waals surface area contributed by atoms with Crippen LogP contribution >= 0.6 is 27.2 Å². The number of nitrogens with zero attached hydrogens (tertiary/aromatic N) is 1. The summed E-state index contributed by atoms with van der Waals surface area (Å²) < 4.78 is 91.9. The Morgan fingerprint density at radius 1 is 1.09 bits per heavy atom. The van der Waals surface area contributed by atoms with E-state index in [-0.39, 0.29) is 15.7 Å². The van der Waals surface area contributed by atoms with Gasteiger partial charge in [0.2, 0.25) is 5.67 Å². The number of carbonyl (C=O) groups is 1. The summed E-state index contributed by atoms with van der Waals surface area (Å²) in [5, 5.41) is -0.0429. The van der Waals surface area contributed by atoms with E-state index < -0.39 is 62.5 Å². The number of methoxy groups -OCH3 is 1. The first-order valence-electron chi connectivity index (χ1n) is 8.80. The van der Waals surface area contributed by atoms with Crippen molar-refractivity contribution in [3.8, 4) is 5.75 Å². The molecule has 0 bridgehead atoms. The minimum absolute atomic E-state index is 0.0429. The van der Waals surface area contributed by atoms with Gasteiger partial charge in [-0.25, -0.2) is 13.5 Å². The number of ether oxygens (including phenoxy) is 1. The maximum Gasteiger partial charge on any atom is 0.482 e. The van der Waals surface area contributed by atoms with Crippen LogP contribution in [-0.4, -0.2) is 34.4 Å². The Labute approximate surface area is 193 Å². The predicted octanol–water partition coefficient (Wildman–Crippen LogP) is 4.11. The standard InChI is InChI=1S/C17H14ClF4NO9P2/c1-30-14-5-3-10(18)7-12(14)16(19)11-4-2-9(17(20,21)22)6-13(11)23(15(16)24)8-31-34(28,29)32-33(25,26)27/h2-7H,8H2,1H3,(H,28,29)(H2,25,26,27). The molecule has 2 atom stereocenters. The Balaban J connectivity index is 2.15. The van der Waals surface area contributed by atoms with Gasteiger partial charge in [0.1, 0.15) is 12.5 Å². The highest BCUT2D eigenvalue weighted by Crippen LogP contribution is 2.58. The van der Waals surface area contributed by atoms with Crippen LogP contribution in [0.2, 0.25) is 5.02 Å². The first-order chi connectivity index (χ1) is 15.5. The van der Waals surface area contributed by atoms with Crippen LogP contribution in [0, 0.1) is 0 Å². The summed E-state index contributed by atoms with van der Waals surface area (Å²) in [6, 6.07) is 5.16. The zero-order valence-corrected chi connectivity index (χ0v) is 19.2. The zero-order valence-electron chi connectivity index (χ0n) is 16.7. The summed E-state index contributed by atoms with van der Waals surface area (Å²) in [6.07, 6.45) is -4.91. The maximum atomic E-state index is 16.5. The maximum absolute atomic E-state index is 16.5. The molecule has 1 heterocycles. The average molecular weight is 550 g/mol. The molecular formula is C17H14ClF4NO9P2. The Morgan fingerprint density at radius 3 is 2.29 bits per heavy atom. The van der Waals surface area contributed by atoms with Crippen LogP contribution in [0.3, 0.4) is 0 Å². The molecular weight excluding hydrogens is 536 g/mol. The van der Waals surface area contributed by atoms with Crippen molar-refractivity contribution in [1.29, 1.82) is 0 Å². The molecule has 2 aromatic carbocycles. The van der Waals surface area contributed by atoms with Gasteiger partial charge >= 0.3 is 21.8 Å². The number of halogens is 5. The van der Waals surface area contributed by atoms with Gasteiger partial charge in [0.25, 0.3) is 5.91 Å². The number of alkyl halides is 4. The van der Waals surface area contributed by atoms with E-state index in [2.05, 4.69) is 8.83 Å². The molecule has 0 aromatic heterocycles. The first kappa shape index (κ1) is 26.6. The van der Waals surface area contributed by atoms with Crippen molar-refractivity contribution in [3.05, 3.63) is 58.1 Å². The van der Waals surface area contributed by atoms with Gasteiger partial charge in [0.15, 0.2) is 0 Å². The Hall–Kier alpha value is -2.02. The second kappa shape index (κ2) is 8.89. The minimum Gasteiger partial charge on any atom is -0.496 e. The quantitative estimate of drug-likeness (QED) is 0.343. The number of phosphoric ester groups is 1. The predicted molar refractivity (Wildman–Crippen MR) is 108 cm³/mol. The van der Waals surface area contributed by atoms with Gasteiger partial charge in [-0.15, -0.1) is 0 Å². The van der Waals surface area contributed by atoms with Gasteiger partial charge < -0.3 is 19.4 Å². The van der Waals surface area contributed by atoms with Crippen LogP contribution in [0.5, 0.6) is 5.75 Å². The lowest BCUT2D eigenvalue weighted by Gasteiger charge is -2.23. The number of benzene rings is 2. The highest BCUT2D eigenvalue weighted by atomic mass is 35.5. The smallest absolute Gasteiger partial charge is 0.482 e. The number of phosphoric acid groups is 2. The molecule has 0 fully saturated rings. The van der Waals surface area contributed by atoms with Crippen molar-refractivity contribution in [2.24, 2.45) is 0 Å². The van der Waals surface area contributed by atoms with Crippen molar-refractivity contribution in [2.75, 3.05) is 18.7 Å². The van der Waals surface area contributed by atoms with Crippen LogP contribution in [0.1, 0.15) is 16.7 Å². The van der Waals surface area contributed by atoms with Crippen molar-refractivity contribution in [3.63, 3.8) is 0 Å². The van der Waals surface area contributed by atoms with E-state index in [9.17, 15) is 32.0 Å². The number of anilines is 1. The molecule has 0 radical (unpaired) electrons. The molecule has 0 spiro atoms. The van der Waals surface area contributed by atoms with E-state index in [1.807, 2.05) is 0 Å². The fourth-order valence-corrected chi connectivity index (χ4v) is 4.96. The molecule has 3 N–H and O–H groups in total. The van der Waals surface area contributed by atoms with Gasteiger partial charge in [0, 0.05) is 16.1 Å². The molecule has 1 amide bonds. The number of hydrogen-bond acceptors (Lipinski definition) is 6. The van der Waals surface area contributed by atoms with Crippen LogP contribution in [0.15, 0.2) is 36.4 Å². The molecule has 3 rings (SSSR count). The summed E-state index contributed by atoms with van der Waals surface area (Å²) in [5.74, 6) is -1.75.